The highest BCUT2D eigenvalue weighted by Gasteiger charge is 2.24. The molecule has 0 saturated heterocycles. The Labute approximate surface area is 112 Å². The summed E-state index contributed by atoms with van der Waals surface area (Å²) in [4.78, 5) is 0. The molecule has 1 aliphatic rings. The average molecular weight is 245 g/mol. The van der Waals surface area contributed by atoms with Crippen LogP contribution in [0.3, 0.4) is 0 Å². The van der Waals surface area contributed by atoms with Gasteiger partial charge in [-0.2, -0.15) is 0 Å². The Balaban J connectivity index is 1.81. The van der Waals surface area contributed by atoms with Gasteiger partial charge in [0.05, 0.1) is 0 Å². The molecule has 0 aromatic heterocycles. The molecule has 0 bridgehead atoms. The zero-order valence-electron chi connectivity index (χ0n) is 11.8. The van der Waals surface area contributed by atoms with Gasteiger partial charge >= 0.3 is 0 Å². The van der Waals surface area contributed by atoms with Crippen molar-refractivity contribution in [3.63, 3.8) is 0 Å². The van der Waals surface area contributed by atoms with E-state index in [9.17, 15) is 0 Å². The predicted octanol–water partition coefficient (Wildman–Crippen LogP) is 4.54. The van der Waals surface area contributed by atoms with Gasteiger partial charge in [0.25, 0.3) is 0 Å². The van der Waals surface area contributed by atoms with Crippen LogP contribution < -0.4 is 5.73 Å². The van der Waals surface area contributed by atoms with E-state index >= 15 is 0 Å². The maximum atomic E-state index is 6.28. The first kappa shape index (κ1) is 13.6. The summed E-state index contributed by atoms with van der Waals surface area (Å²) in [7, 11) is 0. The minimum Gasteiger partial charge on any atom is -0.324 e. The van der Waals surface area contributed by atoms with Gasteiger partial charge in [0.15, 0.2) is 0 Å². The molecule has 1 heteroatoms. The smallest absolute Gasteiger partial charge is 0.0294 e. The second kappa shape index (κ2) is 6.38. The van der Waals surface area contributed by atoms with Crippen molar-refractivity contribution in [2.24, 2.45) is 23.5 Å². The van der Waals surface area contributed by atoms with Crippen molar-refractivity contribution in [1.82, 2.24) is 0 Å². The first-order valence-electron chi connectivity index (χ1n) is 7.45. The zero-order chi connectivity index (χ0) is 13.0. The molecule has 2 N–H and O–H groups in total. The van der Waals surface area contributed by atoms with Crippen LogP contribution in [-0.2, 0) is 0 Å². The molecule has 0 radical (unpaired) electrons. The van der Waals surface area contributed by atoms with Crippen molar-refractivity contribution in [2.75, 3.05) is 0 Å². The van der Waals surface area contributed by atoms with Gasteiger partial charge in [0.1, 0.15) is 0 Å². The van der Waals surface area contributed by atoms with Gasteiger partial charge in [-0.1, -0.05) is 44.2 Å². The van der Waals surface area contributed by atoms with Gasteiger partial charge in [0.2, 0.25) is 0 Å². The summed E-state index contributed by atoms with van der Waals surface area (Å²) in [6.45, 7) is 4.81. The first-order chi connectivity index (χ1) is 8.65. The molecule has 2 rings (SSSR count). The topological polar surface area (TPSA) is 26.0 Å². The molecule has 18 heavy (non-hydrogen) atoms. The Bertz CT molecular complexity index is 336. The summed E-state index contributed by atoms with van der Waals surface area (Å²) >= 11 is 0. The van der Waals surface area contributed by atoms with Gasteiger partial charge in [-0.3, -0.25) is 0 Å². The molecule has 1 aromatic rings. The second-order valence-corrected chi connectivity index (χ2v) is 6.38. The Kier molecular flexibility index (Phi) is 4.82. The molecule has 1 saturated carbocycles. The highest BCUT2D eigenvalue weighted by Crippen LogP contribution is 2.36. The number of benzene rings is 1. The molecule has 0 aliphatic heterocycles. The molecule has 0 spiro atoms. The SMILES string of the molecule is CC1CC(C)CC(CCC(N)c2ccccc2)C1. The van der Waals surface area contributed by atoms with E-state index < -0.39 is 0 Å². The summed E-state index contributed by atoms with van der Waals surface area (Å²) < 4.78 is 0. The Morgan fingerprint density at radius 1 is 1.06 bits per heavy atom. The third-order valence-corrected chi connectivity index (χ3v) is 4.39. The van der Waals surface area contributed by atoms with Crippen molar-refractivity contribution in [3.8, 4) is 0 Å². The largest absolute Gasteiger partial charge is 0.324 e. The number of hydrogen-bond donors (Lipinski definition) is 1. The van der Waals surface area contributed by atoms with E-state index in [0.717, 1.165) is 24.2 Å². The molecule has 1 aliphatic carbocycles. The van der Waals surface area contributed by atoms with E-state index in [4.69, 9.17) is 5.73 Å². The maximum Gasteiger partial charge on any atom is 0.0294 e. The molecule has 0 heterocycles. The van der Waals surface area contributed by atoms with Gasteiger partial charge in [-0.25, -0.2) is 0 Å². The van der Waals surface area contributed by atoms with E-state index in [1.54, 1.807) is 0 Å². The third-order valence-electron chi connectivity index (χ3n) is 4.39. The van der Waals surface area contributed by atoms with E-state index in [1.165, 1.54) is 31.2 Å². The summed E-state index contributed by atoms with van der Waals surface area (Å²) in [5.74, 6) is 2.72. The van der Waals surface area contributed by atoms with Crippen LogP contribution in [0.4, 0.5) is 0 Å². The molecular weight excluding hydrogens is 218 g/mol. The van der Waals surface area contributed by atoms with Crippen LogP contribution >= 0.6 is 0 Å². The lowest BCUT2D eigenvalue weighted by Gasteiger charge is -2.32. The monoisotopic (exact) mass is 245 g/mol. The molecule has 1 fully saturated rings. The van der Waals surface area contributed by atoms with Crippen LogP contribution in [0.15, 0.2) is 30.3 Å². The lowest BCUT2D eigenvalue weighted by Crippen LogP contribution is -2.21. The number of hydrogen-bond acceptors (Lipinski definition) is 1. The van der Waals surface area contributed by atoms with Crippen molar-refractivity contribution in [1.29, 1.82) is 0 Å². The van der Waals surface area contributed by atoms with E-state index in [-0.39, 0.29) is 6.04 Å². The Morgan fingerprint density at radius 2 is 1.67 bits per heavy atom. The summed E-state index contributed by atoms with van der Waals surface area (Å²) in [5.41, 5.74) is 7.57. The average Bonchev–Trinajstić information content (AvgIpc) is 2.36. The van der Waals surface area contributed by atoms with Crippen molar-refractivity contribution < 1.29 is 0 Å². The van der Waals surface area contributed by atoms with Gasteiger partial charge in [-0.05, 0) is 55.4 Å². The maximum absolute atomic E-state index is 6.28. The molecule has 3 unspecified atom stereocenters. The standard InChI is InChI=1S/C17H27N/c1-13-10-14(2)12-15(11-13)8-9-17(18)16-6-4-3-5-7-16/h3-7,13-15,17H,8-12,18H2,1-2H3. The molecule has 3 atom stereocenters. The predicted molar refractivity (Wildman–Crippen MR) is 78.3 cm³/mol. The van der Waals surface area contributed by atoms with Crippen LogP contribution in [0.5, 0.6) is 0 Å². The Morgan fingerprint density at radius 3 is 2.28 bits per heavy atom. The molecular formula is C17H27N. The minimum atomic E-state index is 0.221. The van der Waals surface area contributed by atoms with E-state index in [1.807, 2.05) is 0 Å². The van der Waals surface area contributed by atoms with Crippen LogP contribution in [-0.4, -0.2) is 0 Å². The molecule has 100 valence electrons. The van der Waals surface area contributed by atoms with Crippen molar-refractivity contribution in [2.45, 2.75) is 52.0 Å². The van der Waals surface area contributed by atoms with E-state index in [2.05, 4.69) is 44.2 Å². The summed E-state index contributed by atoms with van der Waals surface area (Å²) in [6, 6.07) is 10.7. The summed E-state index contributed by atoms with van der Waals surface area (Å²) in [6.07, 6.45) is 6.66. The lowest BCUT2D eigenvalue weighted by molar-refractivity contribution is 0.204. The van der Waals surface area contributed by atoms with Crippen molar-refractivity contribution in [3.05, 3.63) is 35.9 Å². The van der Waals surface area contributed by atoms with E-state index in [0.29, 0.717) is 0 Å². The fourth-order valence-electron chi connectivity index (χ4n) is 3.63. The van der Waals surface area contributed by atoms with Crippen LogP contribution in [0.25, 0.3) is 0 Å². The molecule has 1 aromatic carbocycles. The molecule has 1 nitrogen and oxygen atoms in total. The first-order valence-corrected chi connectivity index (χ1v) is 7.45. The highest BCUT2D eigenvalue weighted by molar-refractivity contribution is 5.18. The Hall–Kier alpha value is -0.820. The highest BCUT2D eigenvalue weighted by atomic mass is 14.6. The number of nitrogens with two attached hydrogens (primary N) is 1. The number of rotatable bonds is 4. The van der Waals surface area contributed by atoms with Gasteiger partial charge < -0.3 is 5.73 Å². The zero-order valence-corrected chi connectivity index (χ0v) is 11.8. The molecule has 0 amide bonds. The summed E-state index contributed by atoms with van der Waals surface area (Å²) in [5, 5.41) is 0. The quantitative estimate of drug-likeness (QED) is 0.828. The fraction of sp³-hybridized carbons (Fsp3) is 0.647. The van der Waals surface area contributed by atoms with Crippen LogP contribution in [0, 0.1) is 17.8 Å². The van der Waals surface area contributed by atoms with Gasteiger partial charge in [-0.15, -0.1) is 0 Å². The third kappa shape index (κ3) is 3.84. The lowest BCUT2D eigenvalue weighted by atomic mass is 9.74. The van der Waals surface area contributed by atoms with Crippen LogP contribution in [0.1, 0.15) is 57.6 Å². The second-order valence-electron chi connectivity index (χ2n) is 6.38. The minimum absolute atomic E-state index is 0.221. The van der Waals surface area contributed by atoms with Crippen LogP contribution in [0.2, 0.25) is 0 Å². The van der Waals surface area contributed by atoms with Crippen molar-refractivity contribution >= 4 is 0 Å². The normalized spacial score (nSPS) is 30.1. The fourth-order valence-corrected chi connectivity index (χ4v) is 3.63. The van der Waals surface area contributed by atoms with Gasteiger partial charge in [0, 0.05) is 6.04 Å².